The highest BCUT2D eigenvalue weighted by Gasteiger charge is 2.04. The van der Waals surface area contributed by atoms with Gasteiger partial charge in [-0.15, -0.1) is 23.1 Å². The van der Waals surface area contributed by atoms with E-state index in [2.05, 4.69) is 22.7 Å². The number of hydrogen-bond donors (Lipinski definition) is 1. The van der Waals surface area contributed by atoms with E-state index in [0.29, 0.717) is 5.56 Å². The molecule has 0 fully saturated rings. The van der Waals surface area contributed by atoms with Crippen molar-refractivity contribution in [1.29, 1.82) is 0 Å². The molecule has 2 aromatic carbocycles. The van der Waals surface area contributed by atoms with E-state index in [1.165, 1.54) is 10.5 Å². The van der Waals surface area contributed by atoms with E-state index < -0.39 is 0 Å². The molecule has 0 atom stereocenters. The number of carbonyl (C=O) groups excluding carboxylic acids is 1. The summed E-state index contributed by atoms with van der Waals surface area (Å²) in [4.78, 5) is 14.3. The number of thioether (sulfide) groups is 1. The van der Waals surface area contributed by atoms with Gasteiger partial charge in [0.1, 0.15) is 0 Å². The first-order valence-corrected chi connectivity index (χ1v) is 9.31. The van der Waals surface area contributed by atoms with Gasteiger partial charge in [-0.1, -0.05) is 36.4 Å². The lowest BCUT2D eigenvalue weighted by Gasteiger charge is -2.04. The Balaban J connectivity index is 1.52. The second-order valence-corrected chi connectivity index (χ2v) is 7.04. The van der Waals surface area contributed by atoms with Gasteiger partial charge in [0.2, 0.25) is 0 Å². The number of carbonyl (C=O) groups is 1. The number of rotatable bonds is 6. The smallest absolute Gasteiger partial charge is 0.267 e. The summed E-state index contributed by atoms with van der Waals surface area (Å²) >= 11 is 3.35. The van der Waals surface area contributed by atoms with E-state index >= 15 is 0 Å². The molecular weight excluding hydrogens is 336 g/mol. The number of benzene rings is 2. The molecule has 24 heavy (non-hydrogen) atoms. The third-order valence-corrected chi connectivity index (χ3v) is 5.16. The number of amides is 1. The zero-order valence-electron chi connectivity index (χ0n) is 12.9. The summed E-state index contributed by atoms with van der Waals surface area (Å²) in [6, 6.07) is 21.8. The van der Waals surface area contributed by atoms with Crippen LogP contribution in [0.3, 0.4) is 0 Å². The third kappa shape index (κ3) is 4.81. The molecule has 0 radical (unpaired) electrons. The third-order valence-electron chi connectivity index (χ3n) is 3.27. The molecule has 5 heteroatoms. The van der Waals surface area contributed by atoms with Crippen LogP contribution in [0.1, 0.15) is 20.8 Å². The molecule has 0 aliphatic carbocycles. The molecule has 0 bridgehead atoms. The van der Waals surface area contributed by atoms with Crippen molar-refractivity contribution >= 4 is 35.2 Å². The van der Waals surface area contributed by atoms with Crippen molar-refractivity contribution in [2.24, 2.45) is 5.10 Å². The van der Waals surface area contributed by atoms with Crippen LogP contribution in [0.5, 0.6) is 0 Å². The Hall–Kier alpha value is -2.37. The number of hydrogen-bond acceptors (Lipinski definition) is 4. The van der Waals surface area contributed by atoms with Gasteiger partial charge in [0, 0.05) is 21.1 Å². The van der Waals surface area contributed by atoms with Crippen LogP contribution in [0.2, 0.25) is 0 Å². The largest absolute Gasteiger partial charge is 0.271 e. The maximum absolute atomic E-state index is 12.0. The molecule has 0 unspecified atom stereocenters. The minimum absolute atomic E-state index is 0.204. The van der Waals surface area contributed by atoms with Crippen LogP contribution < -0.4 is 5.43 Å². The first-order chi connectivity index (χ1) is 11.8. The number of hydrazone groups is 1. The van der Waals surface area contributed by atoms with Gasteiger partial charge in [0.05, 0.1) is 6.21 Å². The molecule has 1 aromatic heterocycles. The van der Waals surface area contributed by atoms with Crippen LogP contribution in [0.25, 0.3) is 0 Å². The van der Waals surface area contributed by atoms with Crippen LogP contribution >= 0.6 is 23.1 Å². The average molecular weight is 352 g/mol. The minimum atomic E-state index is -0.204. The Morgan fingerprint density at radius 1 is 1.04 bits per heavy atom. The Morgan fingerprint density at radius 3 is 2.54 bits per heavy atom. The molecule has 120 valence electrons. The maximum Gasteiger partial charge on any atom is 0.271 e. The number of nitrogens with one attached hydrogen (secondary N) is 1. The molecule has 0 saturated carbocycles. The predicted octanol–water partition coefficient (Wildman–Crippen LogP) is 4.80. The fraction of sp³-hybridized carbons (Fsp3) is 0.0526. The van der Waals surface area contributed by atoms with E-state index in [9.17, 15) is 4.79 Å². The van der Waals surface area contributed by atoms with Crippen LogP contribution in [-0.2, 0) is 5.75 Å². The zero-order chi connectivity index (χ0) is 16.6. The van der Waals surface area contributed by atoms with E-state index in [1.54, 1.807) is 29.3 Å². The summed E-state index contributed by atoms with van der Waals surface area (Å²) in [7, 11) is 0. The highest BCUT2D eigenvalue weighted by atomic mass is 32.2. The van der Waals surface area contributed by atoms with Crippen LogP contribution in [0, 0.1) is 0 Å². The normalized spacial score (nSPS) is 10.8. The summed E-state index contributed by atoms with van der Waals surface area (Å²) in [6.07, 6.45) is 1.65. The van der Waals surface area contributed by atoms with Crippen LogP contribution in [-0.4, -0.2) is 12.1 Å². The van der Waals surface area contributed by atoms with Crippen molar-refractivity contribution in [2.45, 2.75) is 10.6 Å². The average Bonchev–Trinajstić information content (AvgIpc) is 3.15. The predicted molar refractivity (Wildman–Crippen MR) is 102 cm³/mol. The lowest BCUT2D eigenvalue weighted by Crippen LogP contribution is -2.17. The van der Waals surface area contributed by atoms with Gasteiger partial charge in [-0.3, -0.25) is 4.79 Å². The topological polar surface area (TPSA) is 41.5 Å². The first-order valence-electron chi connectivity index (χ1n) is 7.45. The maximum atomic E-state index is 12.0. The monoisotopic (exact) mass is 352 g/mol. The minimum Gasteiger partial charge on any atom is -0.267 e. The van der Waals surface area contributed by atoms with Gasteiger partial charge in [0.25, 0.3) is 5.91 Å². The zero-order valence-corrected chi connectivity index (χ0v) is 14.5. The Morgan fingerprint density at radius 2 is 1.83 bits per heavy atom. The van der Waals surface area contributed by atoms with Crippen LogP contribution in [0.4, 0.5) is 0 Å². The van der Waals surface area contributed by atoms with E-state index in [1.807, 2.05) is 60.0 Å². The molecule has 0 aliphatic heterocycles. The van der Waals surface area contributed by atoms with E-state index in [4.69, 9.17) is 0 Å². The molecule has 3 aromatic rings. The number of thiophene rings is 1. The summed E-state index contributed by atoms with van der Waals surface area (Å²) in [5.41, 5.74) is 4.33. The van der Waals surface area contributed by atoms with Gasteiger partial charge in [0.15, 0.2) is 0 Å². The van der Waals surface area contributed by atoms with E-state index in [-0.39, 0.29) is 5.91 Å². The highest BCUT2D eigenvalue weighted by Crippen LogP contribution is 2.22. The summed E-state index contributed by atoms with van der Waals surface area (Å²) < 4.78 is 0. The molecule has 1 heterocycles. The molecular formula is C19H16N2OS2. The van der Waals surface area contributed by atoms with Crippen LogP contribution in [0.15, 0.2) is 82.1 Å². The van der Waals surface area contributed by atoms with Crippen molar-refractivity contribution < 1.29 is 4.79 Å². The standard InChI is InChI=1S/C19H16N2OS2/c22-19(21-20-13-18-7-4-12-23-18)16-10-8-15(9-11-16)14-24-17-5-2-1-3-6-17/h1-13H,14H2,(H,21,22)/b20-13+. The quantitative estimate of drug-likeness (QED) is 0.393. The SMILES string of the molecule is O=C(N/N=C/c1cccs1)c1ccc(CSc2ccccc2)cc1. The molecule has 1 N–H and O–H groups in total. The fourth-order valence-corrected chi connectivity index (χ4v) is 3.48. The molecule has 0 aliphatic rings. The van der Waals surface area contributed by atoms with Gasteiger partial charge >= 0.3 is 0 Å². The summed E-state index contributed by atoms with van der Waals surface area (Å²) in [5.74, 6) is 0.674. The molecule has 0 spiro atoms. The molecule has 1 amide bonds. The van der Waals surface area contributed by atoms with Crippen molar-refractivity contribution in [3.05, 3.63) is 88.1 Å². The van der Waals surface area contributed by atoms with Crippen molar-refractivity contribution in [1.82, 2.24) is 5.43 Å². The Bertz CT molecular complexity index is 797. The highest BCUT2D eigenvalue weighted by molar-refractivity contribution is 7.98. The molecule has 0 saturated heterocycles. The van der Waals surface area contributed by atoms with Crippen molar-refractivity contribution in [3.8, 4) is 0 Å². The lowest BCUT2D eigenvalue weighted by molar-refractivity contribution is 0.0955. The first kappa shape index (κ1) is 16.5. The lowest BCUT2D eigenvalue weighted by atomic mass is 10.1. The van der Waals surface area contributed by atoms with Crippen molar-refractivity contribution in [3.63, 3.8) is 0 Å². The summed E-state index contributed by atoms with van der Waals surface area (Å²) in [5, 5.41) is 5.94. The van der Waals surface area contributed by atoms with E-state index in [0.717, 1.165) is 10.6 Å². The second-order valence-electron chi connectivity index (χ2n) is 5.01. The van der Waals surface area contributed by atoms with Gasteiger partial charge < -0.3 is 0 Å². The van der Waals surface area contributed by atoms with Gasteiger partial charge in [-0.2, -0.15) is 5.10 Å². The number of nitrogens with zero attached hydrogens (tertiary/aromatic N) is 1. The second kappa shape index (κ2) is 8.47. The molecule has 3 rings (SSSR count). The van der Waals surface area contributed by atoms with Gasteiger partial charge in [-0.25, -0.2) is 5.43 Å². The molecule has 3 nitrogen and oxygen atoms in total. The fourth-order valence-electron chi connectivity index (χ4n) is 2.02. The Kier molecular flexibility index (Phi) is 5.82. The van der Waals surface area contributed by atoms with Crippen molar-refractivity contribution in [2.75, 3.05) is 0 Å². The van der Waals surface area contributed by atoms with Gasteiger partial charge in [-0.05, 0) is 41.3 Å². The summed E-state index contributed by atoms with van der Waals surface area (Å²) in [6.45, 7) is 0. The Labute approximate surface area is 149 Å².